The van der Waals surface area contributed by atoms with Gasteiger partial charge in [-0.3, -0.25) is 18.7 Å². The molecule has 4 aromatic rings. The predicted molar refractivity (Wildman–Crippen MR) is 115 cm³/mol. The summed E-state index contributed by atoms with van der Waals surface area (Å²) in [6.45, 7) is 7.94. The van der Waals surface area contributed by atoms with Gasteiger partial charge in [0.25, 0.3) is 5.56 Å². The van der Waals surface area contributed by atoms with E-state index >= 15 is 0 Å². The number of fused-ring (bicyclic) bond motifs is 1. The molecule has 3 aromatic heterocycles. The van der Waals surface area contributed by atoms with Crippen molar-refractivity contribution in [2.75, 3.05) is 0 Å². The first kappa shape index (κ1) is 19.7. The van der Waals surface area contributed by atoms with Gasteiger partial charge in [-0.15, -0.1) is 0 Å². The zero-order valence-corrected chi connectivity index (χ0v) is 17.5. The number of nitrogens with one attached hydrogen (secondary N) is 1. The molecule has 0 saturated heterocycles. The Kier molecular flexibility index (Phi) is 5.03. The van der Waals surface area contributed by atoms with E-state index in [1.807, 2.05) is 68.7 Å². The molecule has 0 radical (unpaired) electrons. The Labute approximate surface area is 174 Å². The highest BCUT2D eigenvalue weighted by atomic mass is 16.3. The van der Waals surface area contributed by atoms with Gasteiger partial charge in [0.2, 0.25) is 5.91 Å². The van der Waals surface area contributed by atoms with Crippen LogP contribution in [-0.2, 0) is 17.9 Å². The van der Waals surface area contributed by atoms with Crippen LogP contribution in [0.15, 0.2) is 51.9 Å². The molecule has 7 heteroatoms. The average molecular weight is 404 g/mol. The van der Waals surface area contributed by atoms with Gasteiger partial charge in [0, 0.05) is 11.4 Å². The Hall–Kier alpha value is -3.61. The number of carbonyl (C=O) groups excluding carboxylic acids is 1. The summed E-state index contributed by atoms with van der Waals surface area (Å²) in [5, 5.41) is 3.31. The molecule has 154 valence electrons. The Morgan fingerprint density at radius 1 is 1.07 bits per heavy atom. The first-order chi connectivity index (χ1) is 14.3. The van der Waals surface area contributed by atoms with Crippen molar-refractivity contribution in [2.45, 2.75) is 40.8 Å². The molecule has 0 saturated carbocycles. The summed E-state index contributed by atoms with van der Waals surface area (Å²) in [6, 6.07) is 11.7. The lowest BCUT2D eigenvalue weighted by atomic mass is 10.2. The molecule has 3 heterocycles. The molecule has 1 aromatic carbocycles. The molecule has 0 unspecified atom stereocenters. The minimum Gasteiger partial charge on any atom is -0.465 e. The second-order valence-corrected chi connectivity index (χ2v) is 7.55. The molecule has 30 heavy (non-hydrogen) atoms. The molecule has 0 spiro atoms. The Morgan fingerprint density at radius 3 is 2.47 bits per heavy atom. The van der Waals surface area contributed by atoms with Crippen LogP contribution in [0.25, 0.3) is 16.7 Å². The summed E-state index contributed by atoms with van der Waals surface area (Å²) in [4.78, 5) is 30.0. The number of carbonyl (C=O) groups is 1. The van der Waals surface area contributed by atoms with Gasteiger partial charge in [-0.05, 0) is 57.5 Å². The lowest BCUT2D eigenvalue weighted by Crippen LogP contribution is -2.32. The molecule has 1 N–H and O–H groups in total. The third-order valence-corrected chi connectivity index (χ3v) is 5.34. The molecule has 0 aliphatic heterocycles. The molecular weight excluding hydrogens is 380 g/mol. The number of rotatable bonds is 5. The van der Waals surface area contributed by atoms with Gasteiger partial charge in [0.15, 0.2) is 5.65 Å². The second kappa shape index (κ2) is 7.67. The summed E-state index contributed by atoms with van der Waals surface area (Å²) >= 11 is 0. The second-order valence-electron chi connectivity index (χ2n) is 7.55. The first-order valence-electron chi connectivity index (χ1n) is 9.81. The number of benzene rings is 1. The van der Waals surface area contributed by atoms with E-state index in [1.54, 1.807) is 0 Å². The zero-order valence-electron chi connectivity index (χ0n) is 17.5. The van der Waals surface area contributed by atoms with Crippen molar-refractivity contribution in [1.82, 2.24) is 19.4 Å². The Bertz CT molecular complexity index is 1290. The van der Waals surface area contributed by atoms with Gasteiger partial charge in [-0.2, -0.15) is 0 Å². The Morgan fingerprint density at radius 2 is 1.80 bits per heavy atom. The van der Waals surface area contributed by atoms with Gasteiger partial charge >= 0.3 is 0 Å². The monoisotopic (exact) mass is 404 g/mol. The van der Waals surface area contributed by atoms with Crippen molar-refractivity contribution >= 4 is 16.9 Å². The summed E-state index contributed by atoms with van der Waals surface area (Å²) in [7, 11) is 0. The normalized spacial score (nSPS) is 11.2. The van der Waals surface area contributed by atoms with Gasteiger partial charge in [-0.1, -0.05) is 17.7 Å². The highest BCUT2D eigenvalue weighted by Gasteiger charge is 2.18. The number of amides is 1. The van der Waals surface area contributed by atoms with Crippen LogP contribution < -0.4 is 10.9 Å². The van der Waals surface area contributed by atoms with Gasteiger partial charge < -0.3 is 9.73 Å². The van der Waals surface area contributed by atoms with E-state index in [2.05, 4.69) is 10.3 Å². The number of hydrogen-bond donors (Lipinski definition) is 1. The number of nitrogens with zero attached hydrogens (tertiary/aromatic N) is 3. The summed E-state index contributed by atoms with van der Waals surface area (Å²) in [5.41, 5.74) is 4.30. The zero-order chi connectivity index (χ0) is 21.4. The molecule has 0 bridgehead atoms. The van der Waals surface area contributed by atoms with Crippen molar-refractivity contribution in [1.29, 1.82) is 0 Å². The van der Waals surface area contributed by atoms with Crippen LogP contribution in [0.2, 0.25) is 0 Å². The van der Waals surface area contributed by atoms with E-state index in [-0.39, 0.29) is 24.6 Å². The minimum atomic E-state index is -0.278. The van der Waals surface area contributed by atoms with Crippen LogP contribution in [0.3, 0.4) is 0 Å². The van der Waals surface area contributed by atoms with Crippen LogP contribution in [0.5, 0.6) is 0 Å². The van der Waals surface area contributed by atoms with Crippen LogP contribution in [0.4, 0.5) is 0 Å². The molecule has 7 nitrogen and oxygen atoms in total. The lowest BCUT2D eigenvalue weighted by molar-refractivity contribution is -0.122. The molecule has 0 atom stereocenters. The predicted octanol–water partition coefficient (Wildman–Crippen LogP) is 3.33. The third-order valence-electron chi connectivity index (χ3n) is 5.34. The SMILES string of the molecule is Cc1ccc(-n2c(C)c(C)c3c(=O)n(CC(=O)NCc4ccc(C)o4)cnc32)cc1. The number of aromatic nitrogens is 3. The van der Waals surface area contributed by atoms with Gasteiger partial charge in [0.05, 0.1) is 11.9 Å². The molecule has 0 fully saturated rings. The van der Waals surface area contributed by atoms with E-state index in [0.717, 1.165) is 28.3 Å². The fourth-order valence-electron chi connectivity index (χ4n) is 3.58. The largest absolute Gasteiger partial charge is 0.465 e. The number of hydrogen-bond acceptors (Lipinski definition) is 4. The highest BCUT2D eigenvalue weighted by Crippen LogP contribution is 2.25. The fraction of sp³-hybridized carbons (Fsp3) is 0.261. The van der Waals surface area contributed by atoms with Crippen LogP contribution in [0, 0.1) is 27.7 Å². The van der Waals surface area contributed by atoms with Crippen LogP contribution in [-0.4, -0.2) is 20.0 Å². The maximum atomic E-state index is 13.1. The summed E-state index contributed by atoms with van der Waals surface area (Å²) in [6.07, 6.45) is 1.44. The van der Waals surface area contributed by atoms with Crippen LogP contribution >= 0.6 is 0 Å². The fourth-order valence-corrected chi connectivity index (χ4v) is 3.58. The maximum absolute atomic E-state index is 13.1. The smallest absolute Gasteiger partial charge is 0.263 e. The maximum Gasteiger partial charge on any atom is 0.263 e. The average Bonchev–Trinajstić information content (AvgIpc) is 3.25. The third kappa shape index (κ3) is 3.54. The Balaban J connectivity index is 1.64. The van der Waals surface area contributed by atoms with Crippen molar-refractivity contribution in [3.63, 3.8) is 0 Å². The minimum absolute atomic E-state index is 0.102. The quantitative estimate of drug-likeness (QED) is 0.553. The molecular formula is C23H24N4O3. The van der Waals surface area contributed by atoms with E-state index in [9.17, 15) is 9.59 Å². The van der Waals surface area contributed by atoms with E-state index in [4.69, 9.17) is 4.42 Å². The van der Waals surface area contributed by atoms with E-state index < -0.39 is 0 Å². The molecule has 4 rings (SSSR count). The first-order valence-corrected chi connectivity index (χ1v) is 9.81. The topological polar surface area (TPSA) is 82.1 Å². The van der Waals surface area contributed by atoms with Gasteiger partial charge in [0.1, 0.15) is 24.4 Å². The van der Waals surface area contributed by atoms with Crippen molar-refractivity contribution < 1.29 is 9.21 Å². The van der Waals surface area contributed by atoms with Crippen molar-refractivity contribution in [2.24, 2.45) is 0 Å². The highest BCUT2D eigenvalue weighted by molar-refractivity contribution is 5.83. The number of aryl methyl sites for hydroxylation is 3. The van der Waals surface area contributed by atoms with Crippen LogP contribution in [0.1, 0.15) is 28.3 Å². The van der Waals surface area contributed by atoms with E-state index in [1.165, 1.54) is 10.9 Å². The number of furan rings is 1. The standard InChI is InChI=1S/C23H24N4O3/c1-14-5-8-18(9-6-14)27-17(4)16(3)21-22(27)25-13-26(23(21)29)12-20(28)24-11-19-10-7-15(2)30-19/h5-10,13H,11-12H2,1-4H3,(H,24,28). The molecule has 0 aliphatic carbocycles. The lowest BCUT2D eigenvalue weighted by Gasteiger charge is -2.09. The summed E-state index contributed by atoms with van der Waals surface area (Å²) < 4.78 is 8.77. The van der Waals surface area contributed by atoms with Crippen molar-refractivity contribution in [3.05, 3.63) is 81.4 Å². The van der Waals surface area contributed by atoms with Crippen molar-refractivity contribution in [3.8, 4) is 5.69 Å². The molecule has 1 amide bonds. The van der Waals surface area contributed by atoms with Gasteiger partial charge in [-0.25, -0.2) is 4.98 Å². The molecule has 0 aliphatic rings. The van der Waals surface area contributed by atoms with E-state index in [0.29, 0.717) is 16.8 Å². The summed E-state index contributed by atoms with van der Waals surface area (Å²) in [5.74, 6) is 1.18.